The van der Waals surface area contributed by atoms with Crippen molar-refractivity contribution in [1.29, 1.82) is 0 Å². The molecule has 0 aliphatic heterocycles. The van der Waals surface area contributed by atoms with Gasteiger partial charge in [-0.25, -0.2) is 4.39 Å². The monoisotopic (exact) mass is 364 g/mol. The number of hydrogen-bond donors (Lipinski definition) is 3. The van der Waals surface area contributed by atoms with E-state index in [0.717, 1.165) is 5.57 Å². The molecule has 0 aromatic carbocycles. The van der Waals surface area contributed by atoms with E-state index in [4.69, 9.17) is 0 Å². The van der Waals surface area contributed by atoms with Gasteiger partial charge in [-0.2, -0.15) is 0 Å². The first kappa shape index (κ1) is 18.0. The van der Waals surface area contributed by atoms with E-state index in [1.807, 2.05) is 0 Å². The minimum absolute atomic E-state index is 0.0180. The summed E-state index contributed by atoms with van der Waals surface area (Å²) < 4.78 is 16.3. The van der Waals surface area contributed by atoms with Crippen molar-refractivity contribution in [3.63, 3.8) is 0 Å². The van der Waals surface area contributed by atoms with Crippen LogP contribution in [-0.4, -0.2) is 50.9 Å². The van der Waals surface area contributed by atoms with Crippen LogP contribution in [0.5, 0.6) is 0 Å². The molecule has 0 amide bonds. The third kappa shape index (κ3) is 2.12. The lowest BCUT2D eigenvalue weighted by atomic mass is 9.53. The molecule has 142 valence electrons. The Morgan fingerprint density at radius 3 is 2.77 bits per heavy atom. The normalized spacial score (nSPS) is 49.9. The molecule has 8 atom stereocenters. The third-order valence-electron chi connectivity index (χ3n) is 7.52. The lowest BCUT2D eigenvalue weighted by Crippen LogP contribution is -2.63. The van der Waals surface area contributed by atoms with Gasteiger partial charge in [0.25, 0.3) is 0 Å². The van der Waals surface area contributed by atoms with Crippen LogP contribution in [0.4, 0.5) is 4.39 Å². The molecule has 26 heavy (non-hydrogen) atoms. The number of aliphatic hydroxyl groups is 3. The first-order valence-corrected chi connectivity index (χ1v) is 9.40. The number of carbonyl (C=O) groups excluding carboxylic acids is 2. The Balaban J connectivity index is 1.74. The second-order valence-electron chi connectivity index (χ2n) is 8.50. The van der Waals surface area contributed by atoms with Crippen LogP contribution < -0.4 is 0 Å². The summed E-state index contributed by atoms with van der Waals surface area (Å²) in [7, 11) is 0. The van der Waals surface area contributed by atoms with Gasteiger partial charge in [0, 0.05) is 11.8 Å². The Morgan fingerprint density at radius 2 is 2.08 bits per heavy atom. The number of ketones is 2. The Morgan fingerprint density at radius 1 is 1.35 bits per heavy atom. The summed E-state index contributed by atoms with van der Waals surface area (Å²) in [5.74, 6) is -3.10. The van der Waals surface area contributed by atoms with Crippen LogP contribution in [0.15, 0.2) is 23.8 Å². The SMILES string of the molecule is CC1CC2C(CC(O)C3(F)C4C=CC(=O)C=C4CCC23)C1(O)C(=O)CO. The number of alkyl halides is 1. The van der Waals surface area contributed by atoms with Gasteiger partial charge < -0.3 is 15.3 Å². The van der Waals surface area contributed by atoms with Crippen molar-refractivity contribution in [3.05, 3.63) is 23.8 Å². The number of rotatable bonds is 2. The Kier molecular flexibility index (Phi) is 4.03. The van der Waals surface area contributed by atoms with Gasteiger partial charge >= 0.3 is 0 Å². The van der Waals surface area contributed by atoms with Crippen LogP contribution in [0.1, 0.15) is 32.6 Å². The van der Waals surface area contributed by atoms with Crippen LogP contribution in [0.2, 0.25) is 0 Å². The number of halogens is 1. The zero-order chi connectivity index (χ0) is 18.9. The first-order valence-electron chi connectivity index (χ1n) is 9.40. The molecule has 3 N–H and O–H groups in total. The van der Waals surface area contributed by atoms with Crippen molar-refractivity contribution in [2.45, 2.75) is 50.0 Å². The highest BCUT2D eigenvalue weighted by Gasteiger charge is 2.68. The molecule has 0 heterocycles. The molecule has 4 aliphatic carbocycles. The van der Waals surface area contributed by atoms with Gasteiger partial charge in [0.15, 0.2) is 11.6 Å². The van der Waals surface area contributed by atoms with Gasteiger partial charge in [-0.1, -0.05) is 18.6 Å². The highest BCUT2D eigenvalue weighted by Crippen LogP contribution is 2.63. The molecule has 0 aromatic heterocycles. The standard InChI is InChI=1S/C20H25FO5/c1-10-6-13-15-4-2-11-7-12(23)3-5-14(11)19(15,21)17(24)8-16(13)20(10,26)18(25)9-22/h3,5,7,10,13-17,22,24,26H,2,4,6,8-9H2,1H3. The van der Waals surface area contributed by atoms with E-state index in [0.29, 0.717) is 19.3 Å². The van der Waals surface area contributed by atoms with Crippen LogP contribution in [0, 0.1) is 29.6 Å². The Hall–Kier alpha value is -1.37. The topological polar surface area (TPSA) is 94.8 Å². The maximum absolute atomic E-state index is 16.3. The molecule has 3 fully saturated rings. The summed E-state index contributed by atoms with van der Waals surface area (Å²) in [4.78, 5) is 23.9. The number of hydrogen-bond acceptors (Lipinski definition) is 5. The lowest BCUT2D eigenvalue weighted by molar-refractivity contribution is -0.176. The van der Waals surface area contributed by atoms with Crippen molar-refractivity contribution in [2.75, 3.05) is 6.61 Å². The predicted octanol–water partition coefficient (Wildman–Crippen LogP) is 1.12. The van der Waals surface area contributed by atoms with E-state index in [9.17, 15) is 24.9 Å². The lowest BCUT2D eigenvalue weighted by Gasteiger charge is -2.55. The van der Waals surface area contributed by atoms with Crippen molar-refractivity contribution in [3.8, 4) is 0 Å². The molecular weight excluding hydrogens is 339 g/mol. The highest BCUT2D eigenvalue weighted by molar-refractivity contribution is 6.01. The van der Waals surface area contributed by atoms with E-state index >= 15 is 4.39 Å². The molecule has 4 rings (SSSR count). The summed E-state index contributed by atoms with van der Waals surface area (Å²) in [6.07, 6.45) is 4.60. The molecule has 6 heteroatoms. The smallest absolute Gasteiger partial charge is 0.190 e. The van der Waals surface area contributed by atoms with Crippen molar-refractivity contribution in [2.24, 2.45) is 29.6 Å². The molecule has 8 unspecified atom stereocenters. The number of carbonyl (C=O) groups is 2. The average molecular weight is 364 g/mol. The molecule has 0 aromatic rings. The van der Waals surface area contributed by atoms with Gasteiger partial charge in [-0.05, 0) is 55.6 Å². The molecule has 0 spiro atoms. The largest absolute Gasteiger partial charge is 0.390 e. The van der Waals surface area contributed by atoms with Gasteiger partial charge in [0.05, 0.1) is 6.10 Å². The molecule has 5 nitrogen and oxygen atoms in total. The average Bonchev–Trinajstić information content (AvgIpc) is 2.86. The zero-order valence-electron chi connectivity index (χ0n) is 14.8. The first-order chi connectivity index (χ1) is 12.2. The number of fused-ring (bicyclic) bond motifs is 5. The van der Waals surface area contributed by atoms with E-state index in [1.165, 1.54) is 12.2 Å². The van der Waals surface area contributed by atoms with Crippen LogP contribution >= 0.6 is 0 Å². The van der Waals surface area contributed by atoms with E-state index in [1.54, 1.807) is 13.0 Å². The second kappa shape index (κ2) is 5.81. The van der Waals surface area contributed by atoms with Crippen LogP contribution in [-0.2, 0) is 9.59 Å². The molecule has 0 saturated heterocycles. The highest BCUT2D eigenvalue weighted by atomic mass is 19.1. The maximum Gasteiger partial charge on any atom is 0.190 e. The minimum Gasteiger partial charge on any atom is -0.390 e. The number of Topliss-reactive ketones (excluding diaryl/α,β-unsaturated/α-hetero) is 1. The summed E-state index contributed by atoms with van der Waals surface area (Å²) in [6.45, 7) is 0.997. The van der Waals surface area contributed by atoms with E-state index in [-0.39, 0.29) is 18.1 Å². The predicted molar refractivity (Wildman–Crippen MR) is 90.7 cm³/mol. The van der Waals surface area contributed by atoms with Gasteiger partial charge in [0.2, 0.25) is 0 Å². The molecule has 0 bridgehead atoms. The Labute approximate surface area is 151 Å². The van der Waals surface area contributed by atoms with Gasteiger partial charge in [0.1, 0.15) is 17.9 Å². The second-order valence-corrected chi connectivity index (χ2v) is 8.50. The maximum atomic E-state index is 16.3. The quantitative estimate of drug-likeness (QED) is 0.682. The zero-order valence-corrected chi connectivity index (χ0v) is 14.8. The molecular formula is C20H25FO5. The summed E-state index contributed by atoms with van der Waals surface area (Å²) >= 11 is 0. The summed E-state index contributed by atoms with van der Waals surface area (Å²) in [5.41, 5.74) is -2.88. The van der Waals surface area contributed by atoms with E-state index < -0.39 is 53.4 Å². The molecule has 4 aliphatic rings. The van der Waals surface area contributed by atoms with Crippen LogP contribution in [0.3, 0.4) is 0 Å². The number of aliphatic hydroxyl groups excluding tert-OH is 2. The fourth-order valence-corrected chi connectivity index (χ4v) is 6.34. The van der Waals surface area contributed by atoms with Crippen LogP contribution in [0.25, 0.3) is 0 Å². The number of allylic oxidation sites excluding steroid dienone is 4. The van der Waals surface area contributed by atoms with Crippen molar-refractivity contribution in [1.82, 2.24) is 0 Å². The molecule has 3 saturated carbocycles. The summed E-state index contributed by atoms with van der Waals surface area (Å²) in [5, 5.41) is 31.2. The van der Waals surface area contributed by atoms with E-state index in [2.05, 4.69) is 0 Å². The molecule has 0 radical (unpaired) electrons. The van der Waals surface area contributed by atoms with Gasteiger partial charge in [-0.3, -0.25) is 9.59 Å². The minimum atomic E-state index is -1.89. The van der Waals surface area contributed by atoms with Crippen molar-refractivity contribution < 1.29 is 29.3 Å². The summed E-state index contributed by atoms with van der Waals surface area (Å²) in [6, 6.07) is 0. The van der Waals surface area contributed by atoms with Gasteiger partial charge in [-0.15, -0.1) is 0 Å². The third-order valence-corrected chi connectivity index (χ3v) is 7.52. The fraction of sp³-hybridized carbons (Fsp3) is 0.700. The van der Waals surface area contributed by atoms with Crippen molar-refractivity contribution >= 4 is 11.6 Å². The Bertz CT molecular complexity index is 715. The fourth-order valence-electron chi connectivity index (χ4n) is 6.34.